The Kier molecular flexibility index (Phi) is 3.90. The van der Waals surface area contributed by atoms with Gasteiger partial charge < -0.3 is 0 Å². The molecule has 1 amide bonds. The first kappa shape index (κ1) is 16.0. The molecule has 0 spiro atoms. The summed E-state index contributed by atoms with van der Waals surface area (Å²) >= 11 is 6.23. The zero-order chi connectivity index (χ0) is 16.8. The molecule has 0 radical (unpaired) electrons. The summed E-state index contributed by atoms with van der Waals surface area (Å²) in [7, 11) is 3.84. The van der Waals surface area contributed by atoms with Crippen LogP contribution in [0.15, 0.2) is 42.2 Å². The standard InChI is InChI=1S/C18H21ClN3O/c1-5-16-15(10-20-21(16)3)17(6-2)22(4)11-12-9-13(19)7-8-14(12)18(22)23/h5-8,10,13H,1,9,11H2,2-4H3/q+1. The molecule has 1 aliphatic carbocycles. The number of nitrogens with zero attached hydrogens (tertiary/aromatic N) is 3. The highest BCUT2D eigenvalue weighted by atomic mass is 35.5. The van der Waals surface area contributed by atoms with Crippen molar-refractivity contribution in [2.75, 3.05) is 13.6 Å². The maximum Gasteiger partial charge on any atom is 0.351 e. The largest absolute Gasteiger partial charge is 0.351 e. The Bertz CT molecular complexity index is 784. The van der Waals surface area contributed by atoms with Gasteiger partial charge in [0.25, 0.3) is 0 Å². The van der Waals surface area contributed by atoms with Crippen LogP contribution in [0.2, 0.25) is 0 Å². The average molecular weight is 331 g/mol. The molecule has 2 atom stereocenters. The lowest BCUT2D eigenvalue weighted by molar-refractivity contribution is -0.748. The summed E-state index contributed by atoms with van der Waals surface area (Å²) in [5.74, 6) is 0.117. The van der Waals surface area contributed by atoms with Crippen LogP contribution in [0, 0.1) is 0 Å². The fraction of sp³-hybridized carbons (Fsp3) is 0.333. The van der Waals surface area contributed by atoms with E-state index in [1.165, 1.54) is 0 Å². The van der Waals surface area contributed by atoms with Crippen LogP contribution >= 0.6 is 11.6 Å². The van der Waals surface area contributed by atoms with Gasteiger partial charge in [0, 0.05) is 12.6 Å². The molecule has 2 heterocycles. The number of quaternary nitrogens is 1. The molecule has 4 nitrogen and oxygen atoms in total. The Morgan fingerprint density at radius 2 is 2.30 bits per heavy atom. The van der Waals surface area contributed by atoms with E-state index in [0.717, 1.165) is 34.5 Å². The number of hydrogen-bond donors (Lipinski definition) is 0. The van der Waals surface area contributed by atoms with E-state index in [-0.39, 0.29) is 15.8 Å². The zero-order valence-electron chi connectivity index (χ0n) is 13.7. The zero-order valence-corrected chi connectivity index (χ0v) is 14.5. The first-order valence-corrected chi connectivity index (χ1v) is 8.12. The molecule has 1 aromatic rings. The Hall–Kier alpha value is -1.91. The number of aryl methyl sites for hydroxylation is 1. The predicted molar refractivity (Wildman–Crippen MR) is 93.4 cm³/mol. The van der Waals surface area contributed by atoms with Gasteiger partial charge in [-0.25, -0.2) is 9.28 Å². The van der Waals surface area contributed by atoms with E-state index < -0.39 is 0 Å². The van der Waals surface area contributed by atoms with E-state index in [9.17, 15) is 4.79 Å². The second-order valence-electron chi connectivity index (χ2n) is 6.20. The summed E-state index contributed by atoms with van der Waals surface area (Å²) in [4.78, 5) is 13.1. The first-order chi connectivity index (χ1) is 10.9. The Morgan fingerprint density at radius 1 is 1.57 bits per heavy atom. The van der Waals surface area contributed by atoms with Gasteiger partial charge in [0.1, 0.15) is 12.2 Å². The van der Waals surface area contributed by atoms with Crippen LogP contribution in [-0.4, -0.2) is 39.1 Å². The summed E-state index contributed by atoms with van der Waals surface area (Å²) in [6.07, 6.45) is 10.1. The van der Waals surface area contributed by atoms with Crippen molar-refractivity contribution in [2.45, 2.75) is 18.7 Å². The van der Waals surface area contributed by atoms with Crippen LogP contribution < -0.4 is 0 Å². The molecule has 0 bridgehead atoms. The molecule has 0 saturated carbocycles. The van der Waals surface area contributed by atoms with Gasteiger partial charge in [-0.3, -0.25) is 4.68 Å². The van der Waals surface area contributed by atoms with Gasteiger partial charge in [-0.15, -0.1) is 11.6 Å². The van der Waals surface area contributed by atoms with E-state index in [0.29, 0.717) is 6.54 Å². The molecule has 23 heavy (non-hydrogen) atoms. The Balaban J connectivity index is 2.05. The van der Waals surface area contributed by atoms with Gasteiger partial charge in [-0.05, 0) is 31.6 Å². The maximum absolute atomic E-state index is 13.1. The molecule has 3 rings (SSSR count). The molecule has 2 unspecified atom stereocenters. The number of amides is 1. The minimum Gasteiger partial charge on any atom is -0.268 e. The van der Waals surface area contributed by atoms with Gasteiger partial charge in [0.2, 0.25) is 0 Å². The van der Waals surface area contributed by atoms with Crippen LogP contribution in [0.5, 0.6) is 0 Å². The van der Waals surface area contributed by atoms with Crippen molar-refractivity contribution in [1.29, 1.82) is 0 Å². The van der Waals surface area contributed by atoms with Crippen molar-refractivity contribution >= 4 is 29.3 Å². The van der Waals surface area contributed by atoms with E-state index in [1.807, 2.05) is 39.2 Å². The Labute approximate surface area is 141 Å². The van der Waals surface area contributed by atoms with Gasteiger partial charge in [-0.2, -0.15) is 5.10 Å². The van der Waals surface area contributed by atoms with Gasteiger partial charge in [0.05, 0.1) is 35.5 Å². The van der Waals surface area contributed by atoms with Crippen LogP contribution in [0.4, 0.5) is 0 Å². The molecule has 0 fully saturated rings. The molecule has 0 aromatic carbocycles. The maximum atomic E-state index is 13.1. The van der Waals surface area contributed by atoms with E-state index in [1.54, 1.807) is 17.0 Å². The minimum atomic E-state index is -0.0238. The lowest BCUT2D eigenvalue weighted by atomic mass is 10.00. The fourth-order valence-corrected chi connectivity index (χ4v) is 3.87. The van der Waals surface area contributed by atoms with Crippen LogP contribution in [-0.2, 0) is 11.8 Å². The normalized spacial score (nSPS) is 27.6. The summed E-state index contributed by atoms with van der Waals surface area (Å²) < 4.78 is 2.00. The lowest BCUT2D eigenvalue weighted by Gasteiger charge is -2.29. The quantitative estimate of drug-likeness (QED) is 0.629. The molecule has 0 saturated heterocycles. The smallest absolute Gasteiger partial charge is 0.268 e. The number of likely N-dealkylation sites (N-methyl/N-ethyl adjacent to an activating group) is 1. The molecule has 5 heteroatoms. The highest BCUT2D eigenvalue weighted by Crippen LogP contribution is 2.40. The average Bonchev–Trinajstić information content (AvgIpc) is 2.99. The van der Waals surface area contributed by atoms with E-state index >= 15 is 0 Å². The lowest BCUT2D eigenvalue weighted by Crippen LogP contribution is -2.44. The second-order valence-corrected chi connectivity index (χ2v) is 6.76. The van der Waals surface area contributed by atoms with Crippen molar-refractivity contribution in [3.63, 3.8) is 0 Å². The van der Waals surface area contributed by atoms with Crippen molar-refractivity contribution < 1.29 is 9.28 Å². The van der Waals surface area contributed by atoms with Crippen molar-refractivity contribution in [1.82, 2.24) is 9.78 Å². The van der Waals surface area contributed by atoms with Crippen LogP contribution in [0.25, 0.3) is 11.8 Å². The highest BCUT2D eigenvalue weighted by Gasteiger charge is 2.47. The SMILES string of the molecule is C=Cc1c(C(=CC)[N+]2(C)CC3=C(C=CC(Cl)C3)C2=O)cnn1C. The molecule has 0 N–H and O–H groups in total. The monoisotopic (exact) mass is 330 g/mol. The molecule has 2 aliphatic rings. The van der Waals surface area contributed by atoms with Gasteiger partial charge in [0.15, 0.2) is 0 Å². The third-order valence-corrected chi connectivity index (χ3v) is 5.04. The van der Waals surface area contributed by atoms with Crippen molar-refractivity contribution in [3.8, 4) is 0 Å². The molecule has 1 aliphatic heterocycles. The number of allylic oxidation sites excluding steroid dienone is 2. The first-order valence-electron chi connectivity index (χ1n) is 7.68. The summed E-state index contributed by atoms with van der Waals surface area (Å²) in [5.41, 5.74) is 4.77. The van der Waals surface area contributed by atoms with E-state index in [4.69, 9.17) is 11.6 Å². The Morgan fingerprint density at radius 3 is 2.96 bits per heavy atom. The molecule has 120 valence electrons. The van der Waals surface area contributed by atoms with Crippen molar-refractivity contribution in [3.05, 3.63) is 53.4 Å². The number of carbonyl (C=O) groups excluding carboxylic acids is 1. The second kappa shape index (κ2) is 5.62. The number of rotatable bonds is 3. The summed E-state index contributed by atoms with van der Waals surface area (Å²) in [6, 6.07) is 0. The number of aromatic nitrogens is 2. The molecular weight excluding hydrogens is 310 g/mol. The number of halogens is 1. The summed E-state index contributed by atoms with van der Waals surface area (Å²) in [6.45, 7) is 6.49. The van der Waals surface area contributed by atoms with Crippen LogP contribution in [0.3, 0.4) is 0 Å². The van der Waals surface area contributed by atoms with Crippen molar-refractivity contribution in [2.24, 2.45) is 7.05 Å². The minimum absolute atomic E-state index is 0.0238. The highest BCUT2D eigenvalue weighted by molar-refractivity contribution is 6.22. The van der Waals surface area contributed by atoms with Crippen LogP contribution in [0.1, 0.15) is 24.6 Å². The predicted octanol–water partition coefficient (Wildman–Crippen LogP) is 3.27. The molecule has 1 aromatic heterocycles. The number of carbonyl (C=O) groups is 1. The third kappa shape index (κ3) is 2.33. The molecular formula is C18H21ClN3O+. The third-order valence-electron chi connectivity index (χ3n) is 4.74. The van der Waals surface area contributed by atoms with Gasteiger partial charge in [-0.1, -0.05) is 12.7 Å². The van der Waals surface area contributed by atoms with E-state index in [2.05, 4.69) is 11.7 Å². The topological polar surface area (TPSA) is 34.9 Å². The summed E-state index contributed by atoms with van der Waals surface area (Å²) in [5, 5.41) is 4.30. The van der Waals surface area contributed by atoms with Gasteiger partial charge >= 0.3 is 5.91 Å². The fourth-order valence-electron chi connectivity index (χ4n) is 3.61. The number of alkyl halides is 1. The number of hydrogen-bond acceptors (Lipinski definition) is 2.